The summed E-state index contributed by atoms with van der Waals surface area (Å²) in [5.74, 6) is 0. The quantitative estimate of drug-likeness (QED) is 0.612. The van der Waals surface area contributed by atoms with E-state index in [-0.39, 0.29) is 0 Å². The molecule has 0 aromatic rings. The molecule has 0 spiro atoms. The highest BCUT2D eigenvalue weighted by atomic mass is 14.9. The molecule has 0 fully saturated rings. The molecule has 0 amide bonds. The lowest BCUT2D eigenvalue weighted by atomic mass is 9.85. The van der Waals surface area contributed by atoms with Gasteiger partial charge in [-0.3, -0.25) is 0 Å². The Kier molecular flexibility index (Phi) is 8.71. The molecule has 1 nitrogen and oxygen atoms in total. The van der Waals surface area contributed by atoms with Crippen molar-refractivity contribution in [2.75, 3.05) is 6.54 Å². The molecule has 0 atom stereocenters. The van der Waals surface area contributed by atoms with Crippen LogP contribution >= 0.6 is 0 Å². The summed E-state index contributed by atoms with van der Waals surface area (Å²) in [6, 6.07) is 0. The molecule has 112 valence electrons. The highest BCUT2D eigenvalue weighted by Gasteiger charge is 2.22. The van der Waals surface area contributed by atoms with Gasteiger partial charge in [0.15, 0.2) is 0 Å². The van der Waals surface area contributed by atoms with Gasteiger partial charge in [-0.05, 0) is 49.5 Å². The molecule has 0 aromatic heterocycles. The zero-order valence-electron chi connectivity index (χ0n) is 14.2. The highest BCUT2D eigenvalue weighted by Crippen LogP contribution is 2.35. The maximum Gasteiger partial charge on any atom is 0.0452 e. The molecule has 0 aliphatic heterocycles. The van der Waals surface area contributed by atoms with Gasteiger partial charge >= 0.3 is 0 Å². The van der Waals surface area contributed by atoms with Crippen LogP contribution in [0.5, 0.6) is 0 Å². The van der Waals surface area contributed by atoms with E-state index in [1.54, 1.807) is 0 Å². The van der Waals surface area contributed by atoms with Crippen molar-refractivity contribution in [2.45, 2.75) is 54.4 Å². The minimum absolute atomic E-state index is 0.870. The van der Waals surface area contributed by atoms with E-state index in [0.717, 1.165) is 24.1 Å². The fraction of sp³-hybridized carbons (Fsp3) is 0.474. The molecule has 0 bridgehead atoms. The normalized spacial score (nSPS) is 15.7. The van der Waals surface area contributed by atoms with Crippen molar-refractivity contribution in [3.05, 3.63) is 58.9 Å². The van der Waals surface area contributed by atoms with Crippen LogP contribution in [-0.4, -0.2) is 6.54 Å². The van der Waals surface area contributed by atoms with Crippen molar-refractivity contribution in [3.8, 4) is 0 Å². The van der Waals surface area contributed by atoms with Crippen molar-refractivity contribution < 1.29 is 0 Å². The predicted molar refractivity (Wildman–Crippen MR) is 92.8 cm³/mol. The van der Waals surface area contributed by atoms with E-state index >= 15 is 0 Å². The lowest BCUT2D eigenvalue weighted by Crippen LogP contribution is -2.25. The number of allylic oxidation sites excluding steroid dienone is 4. The van der Waals surface area contributed by atoms with E-state index in [0.29, 0.717) is 0 Å². The van der Waals surface area contributed by atoms with Gasteiger partial charge in [0.25, 0.3) is 0 Å². The first-order valence-electron chi connectivity index (χ1n) is 7.67. The minimum atomic E-state index is 0.870. The third kappa shape index (κ3) is 4.56. The Bertz CT molecular complexity index is 444. The van der Waals surface area contributed by atoms with E-state index < -0.39 is 0 Å². The van der Waals surface area contributed by atoms with Crippen LogP contribution in [0.4, 0.5) is 0 Å². The summed E-state index contributed by atoms with van der Waals surface area (Å²) in [5, 5.41) is 3.48. The van der Waals surface area contributed by atoms with Crippen molar-refractivity contribution in [1.82, 2.24) is 5.32 Å². The predicted octanol–water partition coefficient (Wildman–Crippen LogP) is 5.69. The zero-order chi connectivity index (χ0) is 15.7. The molecule has 1 aliphatic carbocycles. The molecular weight excluding hydrogens is 242 g/mol. The summed E-state index contributed by atoms with van der Waals surface area (Å²) in [4.78, 5) is 0. The van der Waals surface area contributed by atoms with Crippen LogP contribution in [-0.2, 0) is 0 Å². The van der Waals surface area contributed by atoms with Crippen molar-refractivity contribution in [3.63, 3.8) is 0 Å². The van der Waals surface area contributed by atoms with Crippen LogP contribution in [0.25, 0.3) is 0 Å². The monoisotopic (exact) mass is 273 g/mol. The summed E-state index contributed by atoms with van der Waals surface area (Å²) in [7, 11) is 0. The fourth-order valence-electron chi connectivity index (χ4n) is 2.20. The van der Waals surface area contributed by atoms with E-state index in [1.165, 1.54) is 28.8 Å². The summed E-state index contributed by atoms with van der Waals surface area (Å²) in [6.45, 7) is 21.5. The maximum atomic E-state index is 4.02. The second kappa shape index (κ2) is 9.41. The van der Waals surface area contributed by atoms with Crippen molar-refractivity contribution in [1.29, 1.82) is 0 Å². The Hall–Kier alpha value is -1.50. The summed E-state index contributed by atoms with van der Waals surface area (Å²) >= 11 is 0. The third-order valence-corrected chi connectivity index (χ3v) is 3.49. The fourth-order valence-corrected chi connectivity index (χ4v) is 2.20. The Morgan fingerprint density at radius 2 is 1.80 bits per heavy atom. The maximum absolute atomic E-state index is 4.02. The van der Waals surface area contributed by atoms with Gasteiger partial charge in [0, 0.05) is 12.2 Å². The second-order valence-electron chi connectivity index (χ2n) is 4.87. The molecule has 20 heavy (non-hydrogen) atoms. The first-order chi connectivity index (χ1) is 9.52. The summed E-state index contributed by atoms with van der Waals surface area (Å²) < 4.78 is 0. The Morgan fingerprint density at radius 1 is 1.20 bits per heavy atom. The lowest BCUT2D eigenvalue weighted by Gasteiger charge is -2.28. The Balaban J connectivity index is 0.00000172. The summed E-state index contributed by atoms with van der Waals surface area (Å²) in [6.07, 6.45) is 6.65. The molecule has 0 unspecified atom stereocenters. The average Bonchev–Trinajstić information content (AvgIpc) is 2.48. The Labute approximate surface area is 125 Å². The third-order valence-electron chi connectivity index (χ3n) is 3.49. The van der Waals surface area contributed by atoms with Gasteiger partial charge in [-0.15, -0.1) is 0 Å². The molecule has 0 heterocycles. The first kappa shape index (κ1) is 18.5. The molecule has 0 radical (unpaired) electrons. The van der Waals surface area contributed by atoms with E-state index in [4.69, 9.17) is 0 Å². The lowest BCUT2D eigenvalue weighted by molar-refractivity contribution is 0.827. The van der Waals surface area contributed by atoms with Gasteiger partial charge in [-0.1, -0.05) is 58.1 Å². The molecule has 0 saturated carbocycles. The molecule has 0 saturated heterocycles. The molecule has 1 heteroatoms. The second-order valence-corrected chi connectivity index (χ2v) is 4.87. The topological polar surface area (TPSA) is 12.0 Å². The van der Waals surface area contributed by atoms with Crippen molar-refractivity contribution >= 4 is 0 Å². The van der Waals surface area contributed by atoms with Gasteiger partial charge in [-0.2, -0.15) is 0 Å². The van der Waals surface area contributed by atoms with Crippen LogP contribution in [0.15, 0.2) is 58.9 Å². The Morgan fingerprint density at radius 3 is 2.25 bits per heavy atom. The van der Waals surface area contributed by atoms with E-state index in [2.05, 4.69) is 58.3 Å². The molecule has 0 aromatic carbocycles. The number of nitrogens with one attached hydrogen (secondary N) is 1. The van der Waals surface area contributed by atoms with Crippen LogP contribution in [0.1, 0.15) is 54.4 Å². The smallest absolute Gasteiger partial charge is 0.0452 e. The van der Waals surface area contributed by atoms with Crippen molar-refractivity contribution in [2.24, 2.45) is 0 Å². The van der Waals surface area contributed by atoms with Gasteiger partial charge in [-0.25, -0.2) is 0 Å². The van der Waals surface area contributed by atoms with Crippen LogP contribution in [0.3, 0.4) is 0 Å². The number of hydrogen-bond acceptors (Lipinski definition) is 1. The number of hydrogen-bond donors (Lipinski definition) is 1. The van der Waals surface area contributed by atoms with Crippen LogP contribution < -0.4 is 5.32 Å². The van der Waals surface area contributed by atoms with Gasteiger partial charge in [0.05, 0.1) is 0 Å². The van der Waals surface area contributed by atoms with Gasteiger partial charge in [0.1, 0.15) is 0 Å². The van der Waals surface area contributed by atoms with E-state index in [9.17, 15) is 0 Å². The van der Waals surface area contributed by atoms with E-state index in [1.807, 2.05) is 13.8 Å². The minimum Gasteiger partial charge on any atom is -0.380 e. The van der Waals surface area contributed by atoms with Crippen LogP contribution in [0.2, 0.25) is 0 Å². The molecule has 1 aliphatic rings. The highest BCUT2D eigenvalue weighted by molar-refractivity contribution is 5.66. The average molecular weight is 273 g/mol. The van der Waals surface area contributed by atoms with Gasteiger partial charge < -0.3 is 5.32 Å². The van der Waals surface area contributed by atoms with Gasteiger partial charge in [0.2, 0.25) is 0 Å². The molecular formula is C19H31N. The molecule has 1 N–H and O–H groups in total. The van der Waals surface area contributed by atoms with Crippen LogP contribution in [0, 0.1) is 0 Å². The number of rotatable bonds is 6. The summed E-state index contributed by atoms with van der Waals surface area (Å²) in [5.41, 5.74) is 7.40. The zero-order valence-corrected chi connectivity index (χ0v) is 14.2. The standard InChI is InChI=1S/C17H25N.C2H6/c1-7-9-12(3)16(10-8-2)11-18-17-14(5)13(4)15(17)6;1-2/h8,10,18H,4-5,7,9,11H2,1-3,6H3;1-2H3/b10-8-,16-12+;. The molecule has 1 rings (SSSR count). The SMILES string of the molecule is C=C1C(=C)C(NCC(/C=C\C)=C(\C)CCC)=C1C.CC. The first-order valence-corrected chi connectivity index (χ1v) is 7.67. The largest absolute Gasteiger partial charge is 0.380 e.